The standard InChI is InChI=1S/C11H11F3O5S/c1-6(11(12,13)14)19-9-7(10(15)16)4-3-5-8(9)20(2,17)18/h3-6H,1-2H3,(H,15,16)/t6-/m0/s1. The van der Waals surface area contributed by atoms with Crippen LogP contribution in [0, 0.1) is 0 Å². The first kappa shape index (κ1) is 16.3. The molecule has 1 N–H and O–H groups in total. The van der Waals surface area contributed by atoms with Crippen LogP contribution in [0.4, 0.5) is 13.2 Å². The molecule has 0 amide bonds. The molecule has 0 aromatic heterocycles. The van der Waals surface area contributed by atoms with Crippen LogP contribution >= 0.6 is 0 Å². The van der Waals surface area contributed by atoms with Crippen molar-refractivity contribution in [2.45, 2.75) is 24.1 Å². The molecule has 9 heteroatoms. The molecule has 1 aromatic carbocycles. The highest BCUT2D eigenvalue weighted by Crippen LogP contribution is 2.32. The maximum Gasteiger partial charge on any atom is 0.425 e. The molecule has 0 aliphatic heterocycles. The molecule has 0 aliphatic rings. The summed E-state index contributed by atoms with van der Waals surface area (Å²) in [5.74, 6) is -2.40. The Balaban J connectivity index is 3.45. The summed E-state index contributed by atoms with van der Waals surface area (Å²) >= 11 is 0. The van der Waals surface area contributed by atoms with Crippen LogP contribution in [0.1, 0.15) is 17.3 Å². The highest BCUT2D eigenvalue weighted by molar-refractivity contribution is 7.90. The molecule has 0 radical (unpaired) electrons. The number of rotatable bonds is 4. The van der Waals surface area contributed by atoms with E-state index in [1.165, 1.54) is 0 Å². The number of carboxylic acid groups (broad SMARTS) is 1. The Labute approximate surface area is 112 Å². The SMILES string of the molecule is C[C@H](Oc1c(C(=O)O)cccc1S(C)(=O)=O)C(F)(F)F. The van der Waals surface area contributed by atoms with Crippen molar-refractivity contribution >= 4 is 15.8 Å². The van der Waals surface area contributed by atoms with E-state index in [-0.39, 0.29) is 0 Å². The maximum absolute atomic E-state index is 12.5. The van der Waals surface area contributed by atoms with E-state index >= 15 is 0 Å². The lowest BCUT2D eigenvalue weighted by Crippen LogP contribution is -2.32. The molecule has 0 fully saturated rings. The third-order valence-corrected chi connectivity index (χ3v) is 3.48. The summed E-state index contributed by atoms with van der Waals surface area (Å²) in [4.78, 5) is 10.4. The average Bonchev–Trinajstić information content (AvgIpc) is 2.25. The van der Waals surface area contributed by atoms with Crippen LogP contribution < -0.4 is 4.74 Å². The molecule has 0 saturated carbocycles. The predicted molar refractivity (Wildman–Crippen MR) is 62.7 cm³/mol. The van der Waals surface area contributed by atoms with Gasteiger partial charge in [-0.15, -0.1) is 0 Å². The topological polar surface area (TPSA) is 80.7 Å². The Kier molecular flexibility index (Phi) is 4.33. The van der Waals surface area contributed by atoms with Gasteiger partial charge in [-0.05, 0) is 19.1 Å². The lowest BCUT2D eigenvalue weighted by atomic mass is 10.2. The summed E-state index contributed by atoms with van der Waals surface area (Å²) in [5, 5.41) is 8.92. The number of hydrogen-bond acceptors (Lipinski definition) is 4. The molecule has 0 spiro atoms. The Morgan fingerprint density at radius 1 is 1.35 bits per heavy atom. The zero-order valence-corrected chi connectivity index (χ0v) is 11.2. The number of benzene rings is 1. The largest absolute Gasteiger partial charge is 0.479 e. The first-order valence-corrected chi connectivity index (χ1v) is 7.13. The second-order valence-corrected chi connectivity index (χ2v) is 6.00. The Morgan fingerprint density at radius 3 is 2.30 bits per heavy atom. The minimum atomic E-state index is -4.75. The summed E-state index contributed by atoms with van der Waals surface area (Å²) in [6.45, 7) is 0.657. The normalized spacial score (nSPS) is 13.8. The molecule has 1 rings (SSSR count). The van der Waals surface area contributed by atoms with Crippen LogP contribution in [0.15, 0.2) is 23.1 Å². The first-order valence-electron chi connectivity index (χ1n) is 5.24. The van der Waals surface area contributed by atoms with Crippen LogP contribution in [0.25, 0.3) is 0 Å². The van der Waals surface area contributed by atoms with Gasteiger partial charge in [-0.3, -0.25) is 0 Å². The van der Waals surface area contributed by atoms with Gasteiger partial charge in [0, 0.05) is 6.26 Å². The lowest BCUT2D eigenvalue weighted by Gasteiger charge is -2.20. The van der Waals surface area contributed by atoms with E-state index in [0.717, 1.165) is 24.5 Å². The van der Waals surface area contributed by atoms with E-state index in [9.17, 15) is 26.4 Å². The van der Waals surface area contributed by atoms with Crippen LogP contribution in [0.3, 0.4) is 0 Å². The van der Waals surface area contributed by atoms with Crippen LogP contribution in [-0.4, -0.2) is 38.0 Å². The van der Waals surface area contributed by atoms with Crippen LogP contribution in [-0.2, 0) is 9.84 Å². The third kappa shape index (κ3) is 3.62. The molecule has 0 saturated heterocycles. The molecule has 0 bridgehead atoms. The molecule has 0 heterocycles. The van der Waals surface area contributed by atoms with Gasteiger partial charge in [0.2, 0.25) is 0 Å². The van der Waals surface area contributed by atoms with E-state index in [2.05, 4.69) is 4.74 Å². The van der Waals surface area contributed by atoms with Crippen LogP contribution in [0.2, 0.25) is 0 Å². The van der Waals surface area contributed by atoms with E-state index in [4.69, 9.17) is 5.11 Å². The molecule has 112 valence electrons. The number of aromatic carboxylic acids is 1. The fourth-order valence-corrected chi connectivity index (χ4v) is 2.16. The number of alkyl halides is 3. The van der Waals surface area contributed by atoms with Gasteiger partial charge in [-0.25, -0.2) is 13.2 Å². The van der Waals surface area contributed by atoms with Gasteiger partial charge in [-0.1, -0.05) is 6.07 Å². The highest BCUT2D eigenvalue weighted by Gasteiger charge is 2.39. The molecule has 0 aliphatic carbocycles. The van der Waals surface area contributed by atoms with Crippen molar-refractivity contribution in [3.05, 3.63) is 23.8 Å². The van der Waals surface area contributed by atoms with Gasteiger partial charge in [0.15, 0.2) is 21.7 Å². The van der Waals surface area contributed by atoms with Gasteiger partial charge in [-0.2, -0.15) is 13.2 Å². The lowest BCUT2D eigenvalue weighted by molar-refractivity contribution is -0.189. The summed E-state index contributed by atoms with van der Waals surface area (Å²) in [5.41, 5.74) is -0.649. The number of para-hydroxylation sites is 1. The minimum Gasteiger partial charge on any atom is -0.479 e. The maximum atomic E-state index is 12.5. The van der Waals surface area contributed by atoms with Gasteiger partial charge >= 0.3 is 12.1 Å². The van der Waals surface area contributed by atoms with Gasteiger partial charge in [0.05, 0.1) is 0 Å². The Bertz CT molecular complexity index is 621. The van der Waals surface area contributed by atoms with Crippen molar-refractivity contribution in [1.82, 2.24) is 0 Å². The summed E-state index contributed by atoms with van der Waals surface area (Å²) in [6.07, 6.45) is -6.34. The van der Waals surface area contributed by atoms with Gasteiger partial charge < -0.3 is 9.84 Å². The quantitative estimate of drug-likeness (QED) is 0.921. The predicted octanol–water partition coefficient (Wildman–Crippen LogP) is 2.12. The first-order chi connectivity index (χ1) is 8.94. The second kappa shape index (κ2) is 5.31. The van der Waals surface area contributed by atoms with Crippen molar-refractivity contribution in [2.24, 2.45) is 0 Å². The van der Waals surface area contributed by atoms with E-state index in [1.807, 2.05) is 0 Å². The zero-order valence-electron chi connectivity index (χ0n) is 10.4. The van der Waals surface area contributed by atoms with Crippen molar-refractivity contribution < 1.29 is 36.2 Å². The van der Waals surface area contributed by atoms with Gasteiger partial charge in [0.1, 0.15) is 10.5 Å². The fourth-order valence-electron chi connectivity index (χ4n) is 1.34. The Morgan fingerprint density at radius 2 is 1.90 bits per heavy atom. The fraction of sp³-hybridized carbons (Fsp3) is 0.364. The van der Waals surface area contributed by atoms with E-state index < -0.39 is 44.3 Å². The van der Waals surface area contributed by atoms with Crippen molar-refractivity contribution in [1.29, 1.82) is 0 Å². The van der Waals surface area contributed by atoms with Crippen molar-refractivity contribution in [3.63, 3.8) is 0 Å². The monoisotopic (exact) mass is 312 g/mol. The number of halogens is 3. The number of carbonyl (C=O) groups is 1. The summed E-state index contributed by atoms with van der Waals surface area (Å²) < 4.78 is 65.0. The van der Waals surface area contributed by atoms with Gasteiger partial charge in [0.25, 0.3) is 0 Å². The second-order valence-electron chi connectivity index (χ2n) is 4.01. The molecular weight excluding hydrogens is 301 g/mol. The Hall–Kier alpha value is -1.77. The van der Waals surface area contributed by atoms with Crippen LogP contribution in [0.5, 0.6) is 5.75 Å². The minimum absolute atomic E-state index is 0.603. The molecule has 5 nitrogen and oxygen atoms in total. The van der Waals surface area contributed by atoms with E-state index in [1.54, 1.807) is 0 Å². The number of sulfone groups is 1. The average molecular weight is 312 g/mol. The van der Waals surface area contributed by atoms with E-state index in [0.29, 0.717) is 6.92 Å². The number of hydrogen-bond donors (Lipinski definition) is 1. The molecule has 1 aromatic rings. The third-order valence-electron chi connectivity index (χ3n) is 2.36. The van der Waals surface area contributed by atoms with Crippen molar-refractivity contribution in [3.8, 4) is 5.75 Å². The smallest absolute Gasteiger partial charge is 0.425 e. The zero-order chi connectivity index (χ0) is 15.7. The highest BCUT2D eigenvalue weighted by atomic mass is 32.2. The van der Waals surface area contributed by atoms with Crippen molar-refractivity contribution in [2.75, 3.05) is 6.26 Å². The summed E-state index contributed by atoms with van der Waals surface area (Å²) in [7, 11) is -3.94. The molecule has 20 heavy (non-hydrogen) atoms. The molecule has 1 atom stereocenters. The summed E-state index contributed by atoms with van der Waals surface area (Å²) in [6, 6.07) is 3.07. The number of ether oxygens (including phenoxy) is 1. The number of carboxylic acids is 1. The molecular formula is C11H11F3O5S. The molecule has 0 unspecified atom stereocenters.